The normalized spacial score (nSPS) is 16.2. The molecule has 6 rings (SSSR count). The number of aromatic nitrogens is 1. The fourth-order valence-corrected chi connectivity index (χ4v) is 5.55. The summed E-state index contributed by atoms with van der Waals surface area (Å²) in [5.74, 6) is 0.477. The third kappa shape index (κ3) is 3.76. The van der Waals surface area contributed by atoms with Gasteiger partial charge in [0.15, 0.2) is 16.6 Å². The molecule has 1 aliphatic carbocycles. The van der Waals surface area contributed by atoms with E-state index in [9.17, 15) is 9.59 Å². The molecule has 7 nitrogen and oxygen atoms in total. The minimum absolute atomic E-state index is 0.0729. The zero-order chi connectivity index (χ0) is 23.1. The van der Waals surface area contributed by atoms with Gasteiger partial charge < -0.3 is 14.8 Å². The highest BCUT2D eigenvalue weighted by Crippen LogP contribution is 2.38. The highest BCUT2D eigenvalue weighted by molar-refractivity contribution is 7.16. The number of anilines is 2. The Morgan fingerprint density at radius 1 is 0.971 bits per heavy atom. The molecule has 0 unspecified atom stereocenters. The Morgan fingerprint density at radius 2 is 1.82 bits per heavy atom. The van der Waals surface area contributed by atoms with Crippen molar-refractivity contribution >= 4 is 44.7 Å². The monoisotopic (exact) mass is 471 g/mol. The van der Waals surface area contributed by atoms with Crippen LogP contribution in [-0.4, -0.2) is 23.6 Å². The van der Waals surface area contributed by atoms with Gasteiger partial charge in [0.05, 0.1) is 11.6 Å². The van der Waals surface area contributed by atoms with Crippen molar-refractivity contribution in [2.45, 2.75) is 25.2 Å². The Hall–Kier alpha value is -3.91. The Kier molecular flexibility index (Phi) is 5.15. The van der Waals surface area contributed by atoms with Crippen LogP contribution in [0, 0.1) is 0 Å². The zero-order valence-electron chi connectivity index (χ0n) is 18.2. The predicted octanol–water partition coefficient (Wildman–Crippen LogP) is 5.34. The average molecular weight is 472 g/mol. The van der Waals surface area contributed by atoms with Gasteiger partial charge >= 0.3 is 0 Å². The van der Waals surface area contributed by atoms with Crippen molar-refractivity contribution in [3.05, 3.63) is 76.8 Å². The molecule has 0 fully saturated rings. The summed E-state index contributed by atoms with van der Waals surface area (Å²) < 4.78 is 10.7. The number of aryl methyl sites for hydroxylation is 1. The number of nitrogens with zero attached hydrogens (tertiary/aromatic N) is 1. The molecule has 2 amide bonds. The molecule has 4 aromatic rings. The number of nitrogens with one attached hydrogen (secondary N) is 2. The number of hydrogen-bond acceptors (Lipinski definition) is 6. The molecule has 1 aliphatic heterocycles. The van der Waals surface area contributed by atoms with Crippen LogP contribution < -0.4 is 20.1 Å². The second-order valence-electron chi connectivity index (χ2n) is 8.31. The number of carbonyl (C=O) groups excluding carboxylic acids is 2. The van der Waals surface area contributed by atoms with Gasteiger partial charge in [-0.3, -0.25) is 14.9 Å². The molecule has 8 heteroatoms. The second-order valence-corrected chi connectivity index (χ2v) is 9.39. The Morgan fingerprint density at radius 3 is 2.76 bits per heavy atom. The Balaban J connectivity index is 1.22. The van der Waals surface area contributed by atoms with Crippen molar-refractivity contribution in [3.63, 3.8) is 0 Å². The summed E-state index contributed by atoms with van der Waals surface area (Å²) in [7, 11) is 0. The van der Waals surface area contributed by atoms with Gasteiger partial charge in [0.1, 0.15) is 0 Å². The van der Waals surface area contributed by atoms with E-state index >= 15 is 0 Å². The van der Waals surface area contributed by atoms with Crippen LogP contribution in [-0.2, 0) is 11.2 Å². The van der Waals surface area contributed by atoms with E-state index in [0.717, 1.165) is 46.3 Å². The first kappa shape index (κ1) is 20.7. The smallest absolute Gasteiger partial charge is 0.257 e. The first-order valence-electron chi connectivity index (χ1n) is 11.1. The van der Waals surface area contributed by atoms with Crippen molar-refractivity contribution in [3.8, 4) is 11.5 Å². The highest BCUT2D eigenvalue weighted by atomic mass is 32.1. The van der Waals surface area contributed by atoms with Gasteiger partial charge in [-0.25, -0.2) is 4.98 Å². The van der Waals surface area contributed by atoms with E-state index in [2.05, 4.69) is 15.6 Å². The zero-order valence-corrected chi connectivity index (χ0v) is 19.0. The van der Waals surface area contributed by atoms with Crippen molar-refractivity contribution in [1.29, 1.82) is 0 Å². The summed E-state index contributed by atoms with van der Waals surface area (Å²) >= 11 is 1.43. The summed E-state index contributed by atoms with van der Waals surface area (Å²) in [5.41, 5.74) is 2.01. The minimum Gasteiger partial charge on any atom is -0.454 e. The molecule has 0 saturated carbocycles. The average Bonchev–Trinajstić information content (AvgIpc) is 3.50. The van der Waals surface area contributed by atoms with E-state index in [1.165, 1.54) is 11.3 Å². The molecule has 0 bridgehead atoms. The molecule has 2 heterocycles. The van der Waals surface area contributed by atoms with Crippen LogP contribution in [0.3, 0.4) is 0 Å². The maximum Gasteiger partial charge on any atom is 0.257 e. The summed E-state index contributed by atoms with van der Waals surface area (Å²) in [6.07, 6.45) is 2.48. The van der Waals surface area contributed by atoms with Crippen LogP contribution in [0.15, 0.2) is 60.7 Å². The number of fused-ring (bicyclic) bond motifs is 3. The Labute approximate surface area is 199 Å². The molecule has 1 aromatic heterocycles. The van der Waals surface area contributed by atoms with Gasteiger partial charge in [-0.15, -0.1) is 11.3 Å². The van der Waals surface area contributed by atoms with Crippen LogP contribution >= 0.6 is 11.3 Å². The number of ether oxygens (including phenoxy) is 2. The molecular formula is C26H21N3O4S. The molecule has 2 aliphatic rings. The highest BCUT2D eigenvalue weighted by Gasteiger charge is 2.31. The van der Waals surface area contributed by atoms with Gasteiger partial charge in [-0.2, -0.15) is 0 Å². The minimum atomic E-state index is -0.352. The van der Waals surface area contributed by atoms with E-state index in [4.69, 9.17) is 9.47 Å². The third-order valence-corrected chi connectivity index (χ3v) is 7.22. The second kappa shape index (κ2) is 8.46. The number of amides is 2. The fourth-order valence-electron chi connectivity index (χ4n) is 4.49. The van der Waals surface area contributed by atoms with Crippen LogP contribution in [0.4, 0.5) is 10.8 Å². The number of rotatable bonds is 4. The number of thiazole rings is 1. The first-order valence-corrected chi connectivity index (χ1v) is 12.0. The summed E-state index contributed by atoms with van der Waals surface area (Å²) in [6.45, 7) is 0.155. The standard InChI is InChI=1S/C26H21N3O4S/c30-24(16-11-12-20-21(13-16)33-14-32-20)29-26-28-23-18(8-4-10-22(23)34-26)25(31)27-19-9-3-6-15-5-1-2-7-17(15)19/h1-3,5-7,9,11-13,18H,4,8,10,14H2,(H,27,31)(H,28,29,30)/t18-/m0/s1. The van der Waals surface area contributed by atoms with E-state index in [0.29, 0.717) is 22.2 Å². The maximum absolute atomic E-state index is 13.3. The molecular weight excluding hydrogens is 450 g/mol. The third-order valence-electron chi connectivity index (χ3n) is 6.17. The number of carbonyl (C=O) groups is 2. The quantitative estimate of drug-likeness (QED) is 0.420. The van der Waals surface area contributed by atoms with Crippen LogP contribution in [0.25, 0.3) is 10.8 Å². The lowest BCUT2D eigenvalue weighted by molar-refractivity contribution is -0.117. The fraction of sp³-hybridized carbons (Fsp3) is 0.192. The molecule has 0 saturated heterocycles. The van der Waals surface area contributed by atoms with Crippen LogP contribution in [0.1, 0.15) is 39.7 Å². The molecule has 34 heavy (non-hydrogen) atoms. The summed E-state index contributed by atoms with van der Waals surface area (Å²) in [5, 5.41) is 8.57. The molecule has 170 valence electrons. The van der Waals surface area contributed by atoms with E-state index in [1.54, 1.807) is 18.2 Å². The van der Waals surface area contributed by atoms with Crippen molar-refractivity contribution < 1.29 is 19.1 Å². The maximum atomic E-state index is 13.3. The van der Waals surface area contributed by atoms with Gasteiger partial charge in [0, 0.05) is 21.5 Å². The largest absolute Gasteiger partial charge is 0.454 e. The SMILES string of the molecule is O=C(Nc1nc2c(s1)CCC[C@@H]2C(=O)Nc1cccc2ccccc12)c1ccc2c(c1)OCO2. The lowest BCUT2D eigenvalue weighted by atomic mass is 9.90. The number of hydrogen-bond donors (Lipinski definition) is 2. The molecule has 0 spiro atoms. The summed E-state index contributed by atoms with van der Waals surface area (Å²) in [4.78, 5) is 31.8. The van der Waals surface area contributed by atoms with E-state index < -0.39 is 0 Å². The topological polar surface area (TPSA) is 89.6 Å². The molecule has 0 radical (unpaired) electrons. The van der Waals surface area contributed by atoms with Crippen molar-refractivity contribution in [2.75, 3.05) is 17.4 Å². The van der Waals surface area contributed by atoms with Gasteiger partial charge in [0.25, 0.3) is 5.91 Å². The van der Waals surface area contributed by atoms with Crippen molar-refractivity contribution in [2.24, 2.45) is 0 Å². The lowest BCUT2D eigenvalue weighted by Crippen LogP contribution is -2.24. The van der Waals surface area contributed by atoms with E-state index in [1.807, 2.05) is 42.5 Å². The van der Waals surface area contributed by atoms with Crippen LogP contribution in [0.2, 0.25) is 0 Å². The van der Waals surface area contributed by atoms with E-state index in [-0.39, 0.29) is 24.5 Å². The molecule has 1 atom stereocenters. The van der Waals surface area contributed by atoms with Crippen LogP contribution in [0.5, 0.6) is 11.5 Å². The van der Waals surface area contributed by atoms with Gasteiger partial charge in [-0.05, 0) is 48.9 Å². The lowest BCUT2D eigenvalue weighted by Gasteiger charge is -2.20. The molecule has 3 aromatic carbocycles. The predicted molar refractivity (Wildman–Crippen MR) is 131 cm³/mol. The first-order chi connectivity index (χ1) is 16.7. The number of benzene rings is 3. The van der Waals surface area contributed by atoms with Gasteiger partial charge in [-0.1, -0.05) is 36.4 Å². The molecule has 2 N–H and O–H groups in total. The van der Waals surface area contributed by atoms with Gasteiger partial charge in [0.2, 0.25) is 12.7 Å². The van der Waals surface area contributed by atoms with Crippen molar-refractivity contribution in [1.82, 2.24) is 4.98 Å². The Bertz CT molecular complexity index is 1430. The summed E-state index contributed by atoms with van der Waals surface area (Å²) in [6, 6.07) is 18.9.